The standard InChI is InChI=1S/C15H20N4O/c1-19(10-12-3-5-15(20-2)6-4-12)11-14-9-13(18-16)7-8-17-14/h3-9H,10-11,16H2,1-2H3,(H,17,18). The van der Waals surface area contributed by atoms with Gasteiger partial charge in [0.05, 0.1) is 18.5 Å². The van der Waals surface area contributed by atoms with Gasteiger partial charge in [-0.05, 0) is 36.9 Å². The van der Waals surface area contributed by atoms with Crippen molar-refractivity contribution in [3.8, 4) is 5.75 Å². The van der Waals surface area contributed by atoms with Crippen LogP contribution in [0.15, 0.2) is 42.6 Å². The van der Waals surface area contributed by atoms with Gasteiger partial charge in [-0.25, -0.2) is 0 Å². The Labute approximate surface area is 119 Å². The number of ether oxygens (including phenoxy) is 1. The summed E-state index contributed by atoms with van der Waals surface area (Å²) in [4.78, 5) is 6.54. The Balaban J connectivity index is 1.95. The molecule has 5 nitrogen and oxygen atoms in total. The number of nitrogen functional groups attached to an aromatic ring is 1. The number of hydrogen-bond donors (Lipinski definition) is 2. The molecule has 0 spiro atoms. The van der Waals surface area contributed by atoms with Crippen molar-refractivity contribution < 1.29 is 4.74 Å². The first-order valence-electron chi connectivity index (χ1n) is 6.44. The second kappa shape index (κ2) is 6.88. The molecule has 0 radical (unpaired) electrons. The Morgan fingerprint density at radius 3 is 2.60 bits per heavy atom. The molecule has 3 N–H and O–H groups in total. The number of benzene rings is 1. The van der Waals surface area contributed by atoms with Gasteiger partial charge in [0.1, 0.15) is 5.75 Å². The van der Waals surface area contributed by atoms with Gasteiger partial charge in [-0.2, -0.15) is 0 Å². The molecule has 0 aliphatic heterocycles. The zero-order valence-electron chi connectivity index (χ0n) is 11.8. The molecule has 0 amide bonds. The summed E-state index contributed by atoms with van der Waals surface area (Å²) in [7, 11) is 3.74. The molecule has 0 aliphatic rings. The first kappa shape index (κ1) is 14.3. The number of hydrazine groups is 1. The minimum atomic E-state index is 0.765. The molecule has 0 atom stereocenters. The first-order valence-corrected chi connectivity index (χ1v) is 6.44. The van der Waals surface area contributed by atoms with Crippen LogP contribution in [0.4, 0.5) is 5.69 Å². The quantitative estimate of drug-likeness (QED) is 0.622. The highest BCUT2D eigenvalue weighted by atomic mass is 16.5. The van der Waals surface area contributed by atoms with Crippen molar-refractivity contribution in [2.75, 3.05) is 19.6 Å². The average molecular weight is 272 g/mol. The molecule has 0 saturated carbocycles. The van der Waals surface area contributed by atoms with Gasteiger partial charge in [0, 0.05) is 19.3 Å². The average Bonchev–Trinajstić information content (AvgIpc) is 2.48. The van der Waals surface area contributed by atoms with Crippen molar-refractivity contribution in [3.63, 3.8) is 0 Å². The summed E-state index contributed by atoms with van der Waals surface area (Å²) >= 11 is 0. The molecule has 0 fully saturated rings. The summed E-state index contributed by atoms with van der Waals surface area (Å²) in [6.45, 7) is 1.62. The highest BCUT2D eigenvalue weighted by Gasteiger charge is 2.04. The van der Waals surface area contributed by atoms with Crippen LogP contribution in [-0.4, -0.2) is 24.0 Å². The second-order valence-corrected chi connectivity index (χ2v) is 4.70. The number of aromatic nitrogens is 1. The van der Waals surface area contributed by atoms with E-state index in [1.54, 1.807) is 13.3 Å². The van der Waals surface area contributed by atoms with Crippen LogP contribution in [0.25, 0.3) is 0 Å². The van der Waals surface area contributed by atoms with Gasteiger partial charge in [-0.3, -0.25) is 15.7 Å². The number of methoxy groups -OCH3 is 1. The molecule has 5 heteroatoms. The second-order valence-electron chi connectivity index (χ2n) is 4.70. The SMILES string of the molecule is COc1ccc(CN(C)Cc2cc(NN)ccn2)cc1. The summed E-state index contributed by atoms with van der Waals surface area (Å²) in [5.74, 6) is 6.27. The van der Waals surface area contributed by atoms with Crippen LogP contribution in [-0.2, 0) is 13.1 Å². The molecule has 1 aromatic carbocycles. The van der Waals surface area contributed by atoms with E-state index in [1.807, 2.05) is 24.3 Å². The predicted molar refractivity (Wildman–Crippen MR) is 80.2 cm³/mol. The highest BCUT2D eigenvalue weighted by Crippen LogP contribution is 2.14. The van der Waals surface area contributed by atoms with E-state index >= 15 is 0 Å². The Kier molecular flexibility index (Phi) is 4.92. The number of nitrogens with one attached hydrogen (secondary N) is 1. The van der Waals surface area contributed by atoms with Gasteiger partial charge in [0.25, 0.3) is 0 Å². The van der Waals surface area contributed by atoms with Crippen molar-refractivity contribution in [2.45, 2.75) is 13.1 Å². The fourth-order valence-corrected chi connectivity index (χ4v) is 2.03. The van der Waals surface area contributed by atoms with Crippen LogP contribution in [0.1, 0.15) is 11.3 Å². The zero-order chi connectivity index (χ0) is 14.4. The van der Waals surface area contributed by atoms with Crippen molar-refractivity contribution >= 4 is 5.69 Å². The minimum absolute atomic E-state index is 0.765. The van der Waals surface area contributed by atoms with Gasteiger partial charge in [0.2, 0.25) is 0 Å². The van der Waals surface area contributed by atoms with E-state index in [4.69, 9.17) is 10.6 Å². The van der Waals surface area contributed by atoms with Crippen molar-refractivity contribution in [1.82, 2.24) is 9.88 Å². The van der Waals surface area contributed by atoms with Crippen molar-refractivity contribution in [1.29, 1.82) is 0 Å². The lowest BCUT2D eigenvalue weighted by molar-refractivity contribution is 0.315. The van der Waals surface area contributed by atoms with Crippen LogP contribution in [0.5, 0.6) is 5.75 Å². The third-order valence-corrected chi connectivity index (χ3v) is 3.03. The monoisotopic (exact) mass is 272 g/mol. The molecule has 0 unspecified atom stereocenters. The molecule has 1 heterocycles. The smallest absolute Gasteiger partial charge is 0.118 e. The molecule has 0 aliphatic carbocycles. The van der Waals surface area contributed by atoms with Crippen molar-refractivity contribution in [3.05, 3.63) is 53.9 Å². The molecule has 2 rings (SSSR count). The fourth-order valence-electron chi connectivity index (χ4n) is 2.03. The number of nitrogens with two attached hydrogens (primary N) is 1. The van der Waals surface area contributed by atoms with E-state index < -0.39 is 0 Å². The predicted octanol–water partition coefficient (Wildman–Crippen LogP) is 2.01. The molecular weight excluding hydrogens is 252 g/mol. The van der Waals surface area contributed by atoms with Gasteiger partial charge < -0.3 is 10.2 Å². The van der Waals surface area contributed by atoms with E-state index in [-0.39, 0.29) is 0 Å². The number of anilines is 1. The summed E-state index contributed by atoms with van der Waals surface area (Å²) in [6.07, 6.45) is 1.76. The maximum Gasteiger partial charge on any atom is 0.118 e. The summed E-state index contributed by atoms with van der Waals surface area (Å²) in [5.41, 5.74) is 5.72. The Morgan fingerprint density at radius 1 is 1.20 bits per heavy atom. The largest absolute Gasteiger partial charge is 0.497 e. The lowest BCUT2D eigenvalue weighted by Crippen LogP contribution is -2.18. The molecule has 0 saturated heterocycles. The molecule has 0 bridgehead atoms. The molecule has 1 aromatic heterocycles. The molecule has 20 heavy (non-hydrogen) atoms. The number of rotatable bonds is 6. The molecular formula is C15H20N4O. The maximum absolute atomic E-state index is 5.40. The topological polar surface area (TPSA) is 63.4 Å². The highest BCUT2D eigenvalue weighted by molar-refractivity contribution is 5.41. The fraction of sp³-hybridized carbons (Fsp3) is 0.267. The molecule has 2 aromatic rings. The van der Waals surface area contributed by atoms with Crippen LogP contribution in [0.2, 0.25) is 0 Å². The van der Waals surface area contributed by atoms with E-state index in [0.717, 1.165) is 30.2 Å². The van der Waals surface area contributed by atoms with E-state index in [2.05, 4.69) is 34.5 Å². The Bertz CT molecular complexity index is 542. The summed E-state index contributed by atoms with van der Waals surface area (Å²) in [6, 6.07) is 11.9. The normalized spacial score (nSPS) is 10.6. The maximum atomic E-state index is 5.40. The third-order valence-electron chi connectivity index (χ3n) is 3.03. The number of pyridine rings is 1. The lowest BCUT2D eigenvalue weighted by Gasteiger charge is -2.16. The summed E-state index contributed by atoms with van der Waals surface area (Å²) in [5, 5.41) is 0. The zero-order valence-corrected chi connectivity index (χ0v) is 11.8. The van der Waals surface area contributed by atoms with Gasteiger partial charge in [-0.15, -0.1) is 0 Å². The Hall–Kier alpha value is -2.11. The van der Waals surface area contributed by atoms with E-state index in [1.165, 1.54) is 5.56 Å². The third kappa shape index (κ3) is 3.94. The molecule has 106 valence electrons. The number of hydrogen-bond acceptors (Lipinski definition) is 5. The lowest BCUT2D eigenvalue weighted by atomic mass is 10.2. The van der Waals surface area contributed by atoms with Gasteiger partial charge >= 0.3 is 0 Å². The first-order chi connectivity index (χ1) is 9.71. The van der Waals surface area contributed by atoms with Crippen LogP contribution in [0, 0.1) is 0 Å². The van der Waals surface area contributed by atoms with E-state index in [0.29, 0.717) is 0 Å². The minimum Gasteiger partial charge on any atom is -0.497 e. The van der Waals surface area contributed by atoms with E-state index in [9.17, 15) is 0 Å². The van der Waals surface area contributed by atoms with Crippen LogP contribution < -0.4 is 16.0 Å². The number of nitrogens with zero attached hydrogens (tertiary/aromatic N) is 2. The Morgan fingerprint density at radius 2 is 1.95 bits per heavy atom. The van der Waals surface area contributed by atoms with Crippen molar-refractivity contribution in [2.24, 2.45) is 5.84 Å². The van der Waals surface area contributed by atoms with Gasteiger partial charge in [0.15, 0.2) is 0 Å². The van der Waals surface area contributed by atoms with Crippen LogP contribution in [0.3, 0.4) is 0 Å². The summed E-state index contributed by atoms with van der Waals surface area (Å²) < 4.78 is 5.15. The van der Waals surface area contributed by atoms with Crippen LogP contribution >= 0.6 is 0 Å². The van der Waals surface area contributed by atoms with Gasteiger partial charge in [-0.1, -0.05) is 12.1 Å².